The highest BCUT2D eigenvalue weighted by Crippen LogP contribution is 2.52. The van der Waals surface area contributed by atoms with Crippen LogP contribution >= 0.6 is 0 Å². The van der Waals surface area contributed by atoms with Crippen molar-refractivity contribution in [3.05, 3.63) is 41.0 Å². The van der Waals surface area contributed by atoms with Gasteiger partial charge in [-0.3, -0.25) is 4.79 Å². The zero-order valence-electron chi connectivity index (χ0n) is 14.2. The number of carbonyl (C=O) groups is 2. The third kappa shape index (κ3) is 2.80. The average Bonchev–Trinajstić information content (AvgIpc) is 2.56. The van der Waals surface area contributed by atoms with E-state index in [4.69, 9.17) is 5.11 Å². The number of aliphatic hydroxyl groups excluding tert-OH is 1. The average molecular weight is 328 g/mol. The molecule has 0 amide bonds. The molecule has 0 heterocycles. The van der Waals surface area contributed by atoms with Crippen LogP contribution in [0.25, 0.3) is 6.08 Å². The first kappa shape index (κ1) is 16.9. The molecule has 1 aromatic rings. The molecule has 2 unspecified atom stereocenters. The number of fused-ring (bicyclic) bond motifs is 1. The molecule has 24 heavy (non-hydrogen) atoms. The van der Waals surface area contributed by atoms with Crippen LogP contribution in [0.2, 0.25) is 0 Å². The maximum atomic E-state index is 13.1. The van der Waals surface area contributed by atoms with Crippen molar-refractivity contribution in [1.82, 2.24) is 0 Å². The summed E-state index contributed by atoms with van der Waals surface area (Å²) in [5, 5.41) is 19.1. The van der Waals surface area contributed by atoms with Gasteiger partial charge in [0.15, 0.2) is 5.78 Å². The molecule has 1 aromatic carbocycles. The summed E-state index contributed by atoms with van der Waals surface area (Å²) in [6, 6.07) is 6.61. The van der Waals surface area contributed by atoms with Crippen molar-refractivity contribution in [3.63, 3.8) is 0 Å². The summed E-state index contributed by atoms with van der Waals surface area (Å²) in [7, 11) is 0. The number of allylic oxidation sites excluding steroid dienone is 1. The topological polar surface area (TPSA) is 74.6 Å². The maximum Gasteiger partial charge on any atom is 0.335 e. The number of hydrogen-bond donors (Lipinski definition) is 2. The Morgan fingerprint density at radius 1 is 1.25 bits per heavy atom. The Labute approximate surface area is 142 Å². The van der Waals surface area contributed by atoms with Gasteiger partial charge in [-0.1, -0.05) is 26.0 Å². The highest BCUT2D eigenvalue weighted by atomic mass is 16.4. The van der Waals surface area contributed by atoms with E-state index in [1.165, 1.54) is 0 Å². The SMILES string of the molecule is C[C@@H]1C(O)CC[C@]2(C)C(=O)/C(=C/c3ccc(C(=O)O)cc3)CCC12. The highest BCUT2D eigenvalue weighted by Gasteiger charge is 2.51. The molecule has 3 rings (SSSR count). The highest BCUT2D eigenvalue weighted by molar-refractivity contribution is 6.04. The largest absolute Gasteiger partial charge is 0.478 e. The molecule has 0 bridgehead atoms. The molecule has 0 aliphatic heterocycles. The molecule has 2 N–H and O–H groups in total. The van der Waals surface area contributed by atoms with Gasteiger partial charge in [0, 0.05) is 5.41 Å². The quantitative estimate of drug-likeness (QED) is 0.814. The van der Waals surface area contributed by atoms with Crippen LogP contribution < -0.4 is 0 Å². The fourth-order valence-corrected chi connectivity index (χ4v) is 4.46. The van der Waals surface area contributed by atoms with Gasteiger partial charge in [0.2, 0.25) is 0 Å². The lowest BCUT2D eigenvalue weighted by Gasteiger charge is -2.49. The van der Waals surface area contributed by atoms with E-state index in [0.29, 0.717) is 6.42 Å². The molecule has 2 fully saturated rings. The Balaban J connectivity index is 1.86. The van der Waals surface area contributed by atoms with Crippen molar-refractivity contribution in [1.29, 1.82) is 0 Å². The molecular weight excluding hydrogens is 304 g/mol. The van der Waals surface area contributed by atoms with E-state index >= 15 is 0 Å². The van der Waals surface area contributed by atoms with Crippen molar-refractivity contribution >= 4 is 17.8 Å². The summed E-state index contributed by atoms with van der Waals surface area (Å²) in [4.78, 5) is 24.0. The van der Waals surface area contributed by atoms with Crippen LogP contribution in [0, 0.1) is 17.3 Å². The summed E-state index contributed by atoms with van der Waals surface area (Å²) in [6.07, 6.45) is 4.64. The Kier molecular flexibility index (Phi) is 4.35. The van der Waals surface area contributed by atoms with E-state index in [2.05, 4.69) is 6.92 Å². The first-order valence-corrected chi connectivity index (χ1v) is 8.60. The van der Waals surface area contributed by atoms with Crippen LogP contribution in [0.4, 0.5) is 0 Å². The molecule has 0 spiro atoms. The van der Waals surface area contributed by atoms with Gasteiger partial charge in [-0.2, -0.15) is 0 Å². The lowest BCUT2D eigenvalue weighted by atomic mass is 9.55. The summed E-state index contributed by atoms with van der Waals surface area (Å²) in [5.74, 6) is -0.364. The normalized spacial score (nSPS) is 34.9. The van der Waals surface area contributed by atoms with Crippen LogP contribution in [0.5, 0.6) is 0 Å². The minimum absolute atomic E-state index is 0.157. The van der Waals surface area contributed by atoms with Gasteiger partial charge in [0.25, 0.3) is 0 Å². The minimum Gasteiger partial charge on any atom is -0.478 e. The lowest BCUT2D eigenvalue weighted by Crippen LogP contribution is -2.50. The molecule has 4 nitrogen and oxygen atoms in total. The molecule has 128 valence electrons. The first-order valence-electron chi connectivity index (χ1n) is 8.60. The van der Waals surface area contributed by atoms with Gasteiger partial charge >= 0.3 is 5.97 Å². The lowest BCUT2D eigenvalue weighted by molar-refractivity contribution is -0.137. The second kappa shape index (κ2) is 6.17. The third-order valence-electron chi connectivity index (χ3n) is 6.05. The molecule has 2 saturated carbocycles. The number of aliphatic hydroxyl groups is 1. The number of carboxylic acid groups (broad SMARTS) is 1. The van der Waals surface area contributed by atoms with Crippen LogP contribution in [0.15, 0.2) is 29.8 Å². The molecule has 2 aliphatic carbocycles. The van der Waals surface area contributed by atoms with E-state index in [0.717, 1.165) is 30.4 Å². The Hall–Kier alpha value is -1.94. The van der Waals surface area contributed by atoms with Crippen molar-refractivity contribution < 1.29 is 19.8 Å². The number of carbonyl (C=O) groups excluding carboxylic acids is 1. The predicted octanol–water partition coefficient (Wildman–Crippen LogP) is 3.54. The van der Waals surface area contributed by atoms with Crippen LogP contribution in [0.3, 0.4) is 0 Å². The predicted molar refractivity (Wildman–Crippen MR) is 91.6 cm³/mol. The summed E-state index contributed by atoms with van der Waals surface area (Å²) in [5.41, 5.74) is 1.54. The number of rotatable bonds is 2. The molecular formula is C20H24O4. The molecule has 4 atom stereocenters. The molecule has 0 saturated heterocycles. The standard InChI is InChI=1S/C20H24O4/c1-12-16-8-7-15(18(22)20(16,2)10-9-17(12)21)11-13-3-5-14(6-4-13)19(23)24/h3-6,11-12,16-17,21H,7-10H2,1-2H3,(H,23,24)/b15-11+/t12-,16?,17?,20-/m0/s1. The van der Waals surface area contributed by atoms with E-state index in [1.54, 1.807) is 24.3 Å². The fraction of sp³-hybridized carbons (Fsp3) is 0.500. The molecule has 0 aromatic heterocycles. The number of Topliss-reactive ketones (excluding diaryl/α,β-unsaturated/α-hetero) is 1. The van der Waals surface area contributed by atoms with Crippen molar-refractivity contribution in [2.45, 2.75) is 45.6 Å². The number of carboxylic acids is 1. The van der Waals surface area contributed by atoms with Crippen molar-refractivity contribution in [3.8, 4) is 0 Å². The summed E-state index contributed by atoms with van der Waals surface area (Å²) in [6.45, 7) is 4.10. The van der Waals surface area contributed by atoms with Crippen LogP contribution in [-0.4, -0.2) is 28.1 Å². The number of benzene rings is 1. The van der Waals surface area contributed by atoms with Crippen LogP contribution in [-0.2, 0) is 4.79 Å². The first-order chi connectivity index (χ1) is 11.3. The van der Waals surface area contributed by atoms with Gasteiger partial charge in [0.1, 0.15) is 0 Å². The van der Waals surface area contributed by atoms with Gasteiger partial charge in [-0.05, 0) is 66.9 Å². The van der Waals surface area contributed by atoms with E-state index in [-0.39, 0.29) is 34.7 Å². The van der Waals surface area contributed by atoms with E-state index in [1.807, 2.05) is 13.0 Å². The van der Waals surface area contributed by atoms with E-state index < -0.39 is 5.97 Å². The summed E-state index contributed by atoms with van der Waals surface area (Å²) < 4.78 is 0. The zero-order valence-corrected chi connectivity index (χ0v) is 14.2. The van der Waals surface area contributed by atoms with Crippen molar-refractivity contribution in [2.24, 2.45) is 17.3 Å². The number of hydrogen-bond acceptors (Lipinski definition) is 3. The number of aromatic carboxylic acids is 1. The minimum atomic E-state index is -0.951. The molecule has 0 radical (unpaired) electrons. The maximum absolute atomic E-state index is 13.1. The second-order valence-electron chi connectivity index (χ2n) is 7.45. The van der Waals surface area contributed by atoms with E-state index in [9.17, 15) is 14.7 Å². The zero-order chi connectivity index (χ0) is 17.5. The Bertz CT molecular complexity index is 688. The second-order valence-corrected chi connectivity index (χ2v) is 7.45. The van der Waals surface area contributed by atoms with Gasteiger partial charge < -0.3 is 10.2 Å². The van der Waals surface area contributed by atoms with Crippen molar-refractivity contribution in [2.75, 3.05) is 0 Å². The molecule has 4 heteroatoms. The molecule has 2 aliphatic rings. The van der Waals surface area contributed by atoms with Gasteiger partial charge in [-0.15, -0.1) is 0 Å². The number of ketones is 1. The summed E-state index contributed by atoms with van der Waals surface area (Å²) >= 11 is 0. The van der Waals surface area contributed by atoms with Gasteiger partial charge in [0.05, 0.1) is 11.7 Å². The Morgan fingerprint density at radius 3 is 2.54 bits per heavy atom. The third-order valence-corrected chi connectivity index (χ3v) is 6.05. The fourth-order valence-electron chi connectivity index (χ4n) is 4.46. The Morgan fingerprint density at radius 2 is 1.92 bits per heavy atom. The monoisotopic (exact) mass is 328 g/mol. The van der Waals surface area contributed by atoms with Gasteiger partial charge in [-0.25, -0.2) is 4.79 Å². The van der Waals surface area contributed by atoms with Crippen LogP contribution in [0.1, 0.15) is 55.5 Å². The smallest absolute Gasteiger partial charge is 0.335 e.